The van der Waals surface area contributed by atoms with Crippen molar-refractivity contribution < 1.29 is 0 Å². The second-order valence-corrected chi connectivity index (χ2v) is 7.05. The summed E-state index contributed by atoms with van der Waals surface area (Å²) in [7, 11) is 0. The van der Waals surface area contributed by atoms with Crippen LogP contribution in [0.3, 0.4) is 0 Å². The highest BCUT2D eigenvalue weighted by Crippen LogP contribution is 2.33. The Morgan fingerprint density at radius 3 is 3.18 bits per heavy atom. The fraction of sp³-hybridized carbons (Fsp3) is 0.267. The molecule has 0 spiro atoms. The second kappa shape index (κ2) is 5.40. The lowest BCUT2D eigenvalue weighted by molar-refractivity contribution is 0.696. The molecule has 1 aromatic carbocycles. The fourth-order valence-electron chi connectivity index (χ4n) is 2.67. The van der Waals surface area contributed by atoms with E-state index in [0.29, 0.717) is 6.54 Å². The molecule has 1 aliphatic rings. The minimum Gasteiger partial charge on any atom is -0.343 e. The third-order valence-corrected chi connectivity index (χ3v) is 5.67. The summed E-state index contributed by atoms with van der Waals surface area (Å²) in [6.45, 7) is 1.42. The third-order valence-electron chi connectivity index (χ3n) is 3.86. The van der Waals surface area contributed by atoms with Crippen molar-refractivity contribution in [2.24, 2.45) is 0 Å². The Labute approximate surface area is 135 Å². The predicted octanol–water partition coefficient (Wildman–Crippen LogP) is 2.66. The van der Waals surface area contributed by atoms with E-state index in [0.717, 1.165) is 34.9 Å². The molecule has 0 radical (unpaired) electrons. The van der Waals surface area contributed by atoms with Crippen LogP contribution in [0.1, 0.15) is 11.3 Å². The van der Waals surface area contributed by atoms with Crippen LogP contribution >= 0.6 is 23.1 Å². The largest absolute Gasteiger partial charge is 0.343 e. The van der Waals surface area contributed by atoms with Crippen molar-refractivity contribution in [3.63, 3.8) is 0 Å². The summed E-state index contributed by atoms with van der Waals surface area (Å²) in [6.07, 6.45) is 4.34. The van der Waals surface area contributed by atoms with E-state index in [1.165, 1.54) is 15.9 Å². The van der Waals surface area contributed by atoms with Crippen LogP contribution in [0, 0.1) is 0 Å². The standard InChI is InChI=1S/C15H14N4OS2/c1-21-9-2-3-12-13(6-9)22-15(18-12)19-5-4-11-10(7-19)14(20)17-8-16-11/h2-3,6,8H,4-5,7H2,1H3,(H,16,17,20). The SMILES string of the molecule is CSc1ccc2nc(N3CCc4nc[nH]c(=O)c4C3)sc2c1. The second-order valence-electron chi connectivity index (χ2n) is 5.16. The number of rotatable bonds is 2. The van der Waals surface area contributed by atoms with Gasteiger partial charge in [-0.3, -0.25) is 4.79 Å². The molecular formula is C15H14N4OS2. The van der Waals surface area contributed by atoms with Crippen molar-refractivity contribution in [1.29, 1.82) is 0 Å². The molecule has 1 N–H and O–H groups in total. The van der Waals surface area contributed by atoms with Gasteiger partial charge in [-0.1, -0.05) is 11.3 Å². The van der Waals surface area contributed by atoms with E-state index in [4.69, 9.17) is 4.98 Å². The quantitative estimate of drug-likeness (QED) is 0.732. The number of anilines is 1. The zero-order valence-corrected chi connectivity index (χ0v) is 13.6. The molecule has 3 heterocycles. The number of aromatic amines is 1. The number of thioether (sulfide) groups is 1. The highest BCUT2D eigenvalue weighted by atomic mass is 32.2. The number of benzene rings is 1. The predicted molar refractivity (Wildman–Crippen MR) is 91.0 cm³/mol. The Kier molecular flexibility index (Phi) is 3.38. The molecule has 0 atom stereocenters. The Morgan fingerprint density at radius 2 is 2.32 bits per heavy atom. The lowest BCUT2D eigenvalue weighted by Crippen LogP contribution is -2.35. The van der Waals surface area contributed by atoms with Gasteiger partial charge < -0.3 is 9.88 Å². The van der Waals surface area contributed by atoms with Gasteiger partial charge >= 0.3 is 0 Å². The van der Waals surface area contributed by atoms with Crippen LogP contribution in [0.2, 0.25) is 0 Å². The van der Waals surface area contributed by atoms with Gasteiger partial charge in [-0.25, -0.2) is 9.97 Å². The van der Waals surface area contributed by atoms with Crippen molar-refractivity contribution in [3.8, 4) is 0 Å². The molecule has 0 aliphatic carbocycles. The van der Waals surface area contributed by atoms with E-state index >= 15 is 0 Å². The molecular weight excluding hydrogens is 316 g/mol. The molecule has 0 saturated carbocycles. The van der Waals surface area contributed by atoms with Crippen molar-refractivity contribution in [3.05, 3.63) is 46.1 Å². The molecule has 5 nitrogen and oxygen atoms in total. The molecule has 0 saturated heterocycles. The molecule has 0 unspecified atom stereocenters. The van der Waals surface area contributed by atoms with Gasteiger partial charge in [-0.15, -0.1) is 11.8 Å². The average Bonchev–Trinajstić information content (AvgIpc) is 2.98. The molecule has 2 aromatic heterocycles. The van der Waals surface area contributed by atoms with Gasteiger partial charge in [-0.2, -0.15) is 0 Å². The van der Waals surface area contributed by atoms with Gasteiger partial charge in [0, 0.05) is 17.9 Å². The summed E-state index contributed by atoms with van der Waals surface area (Å²) in [5, 5.41) is 0.974. The van der Waals surface area contributed by atoms with Crippen LogP contribution in [0.5, 0.6) is 0 Å². The maximum atomic E-state index is 12.0. The van der Waals surface area contributed by atoms with Crippen LogP contribution in [0.4, 0.5) is 5.13 Å². The normalized spacial score (nSPS) is 14.3. The molecule has 3 aromatic rings. The molecule has 0 amide bonds. The average molecular weight is 330 g/mol. The van der Waals surface area contributed by atoms with Crippen molar-refractivity contribution >= 4 is 38.4 Å². The van der Waals surface area contributed by atoms with E-state index in [1.54, 1.807) is 23.1 Å². The number of fused-ring (bicyclic) bond motifs is 2. The zero-order chi connectivity index (χ0) is 15.1. The van der Waals surface area contributed by atoms with Crippen molar-refractivity contribution in [2.75, 3.05) is 17.7 Å². The Morgan fingerprint density at radius 1 is 1.41 bits per heavy atom. The first kappa shape index (κ1) is 13.8. The molecule has 4 rings (SSSR count). The molecule has 7 heteroatoms. The van der Waals surface area contributed by atoms with Crippen molar-refractivity contribution in [2.45, 2.75) is 17.9 Å². The van der Waals surface area contributed by atoms with E-state index < -0.39 is 0 Å². The number of thiazole rings is 1. The Bertz CT molecular complexity index is 902. The number of aromatic nitrogens is 3. The van der Waals surface area contributed by atoms with E-state index in [-0.39, 0.29) is 5.56 Å². The first-order valence-electron chi connectivity index (χ1n) is 6.99. The molecule has 0 bridgehead atoms. The highest BCUT2D eigenvalue weighted by Gasteiger charge is 2.22. The fourth-order valence-corrected chi connectivity index (χ4v) is 4.22. The zero-order valence-electron chi connectivity index (χ0n) is 12.0. The van der Waals surface area contributed by atoms with E-state index in [2.05, 4.69) is 39.3 Å². The Hall–Kier alpha value is -1.86. The van der Waals surface area contributed by atoms with Crippen LogP contribution in [0.25, 0.3) is 10.2 Å². The molecule has 0 fully saturated rings. The number of hydrogen-bond acceptors (Lipinski definition) is 6. The maximum absolute atomic E-state index is 12.0. The smallest absolute Gasteiger partial charge is 0.255 e. The molecule has 22 heavy (non-hydrogen) atoms. The summed E-state index contributed by atoms with van der Waals surface area (Å²) >= 11 is 3.42. The molecule has 1 aliphatic heterocycles. The first-order valence-corrected chi connectivity index (χ1v) is 9.03. The lowest BCUT2D eigenvalue weighted by atomic mass is 10.1. The summed E-state index contributed by atoms with van der Waals surface area (Å²) in [6, 6.07) is 6.33. The summed E-state index contributed by atoms with van der Waals surface area (Å²) in [5.41, 5.74) is 2.65. The number of nitrogens with one attached hydrogen (secondary N) is 1. The van der Waals surface area contributed by atoms with Crippen LogP contribution < -0.4 is 10.5 Å². The van der Waals surface area contributed by atoms with Crippen LogP contribution in [-0.2, 0) is 13.0 Å². The van der Waals surface area contributed by atoms with Gasteiger partial charge in [0.05, 0.1) is 34.3 Å². The monoisotopic (exact) mass is 330 g/mol. The van der Waals surface area contributed by atoms with E-state index in [9.17, 15) is 4.79 Å². The topological polar surface area (TPSA) is 61.9 Å². The summed E-state index contributed by atoms with van der Waals surface area (Å²) in [5.74, 6) is 0. The summed E-state index contributed by atoms with van der Waals surface area (Å²) < 4.78 is 1.19. The Balaban J connectivity index is 1.71. The maximum Gasteiger partial charge on any atom is 0.255 e. The van der Waals surface area contributed by atoms with Gasteiger partial charge in [0.2, 0.25) is 0 Å². The van der Waals surface area contributed by atoms with Gasteiger partial charge in [0.1, 0.15) is 0 Å². The third kappa shape index (κ3) is 2.30. The van der Waals surface area contributed by atoms with Gasteiger partial charge in [-0.05, 0) is 24.5 Å². The highest BCUT2D eigenvalue weighted by molar-refractivity contribution is 7.98. The van der Waals surface area contributed by atoms with Crippen LogP contribution in [-0.4, -0.2) is 27.8 Å². The van der Waals surface area contributed by atoms with Gasteiger partial charge in [0.15, 0.2) is 5.13 Å². The first-order chi connectivity index (χ1) is 10.7. The van der Waals surface area contributed by atoms with E-state index in [1.807, 2.05) is 0 Å². The van der Waals surface area contributed by atoms with Gasteiger partial charge in [0.25, 0.3) is 5.56 Å². The number of H-pyrrole nitrogens is 1. The lowest BCUT2D eigenvalue weighted by Gasteiger charge is -2.26. The van der Waals surface area contributed by atoms with Crippen LogP contribution in [0.15, 0.2) is 34.2 Å². The minimum atomic E-state index is -0.0412. The number of nitrogens with zero attached hydrogens (tertiary/aromatic N) is 3. The molecule has 112 valence electrons. The summed E-state index contributed by atoms with van der Waals surface area (Å²) in [4.78, 5) is 27.0. The number of hydrogen-bond donors (Lipinski definition) is 1. The minimum absolute atomic E-state index is 0.0412. The van der Waals surface area contributed by atoms with Crippen molar-refractivity contribution in [1.82, 2.24) is 15.0 Å².